The van der Waals surface area contributed by atoms with Crippen molar-refractivity contribution in [3.63, 3.8) is 0 Å². The van der Waals surface area contributed by atoms with Gasteiger partial charge in [-0.15, -0.1) is 11.3 Å². The molecule has 1 amide bonds. The molecule has 1 saturated heterocycles. The van der Waals surface area contributed by atoms with E-state index < -0.39 is 0 Å². The van der Waals surface area contributed by atoms with E-state index in [4.69, 9.17) is 5.73 Å². The van der Waals surface area contributed by atoms with Crippen LogP contribution in [0.3, 0.4) is 0 Å². The highest BCUT2D eigenvalue weighted by molar-refractivity contribution is 7.09. The van der Waals surface area contributed by atoms with Gasteiger partial charge in [-0.3, -0.25) is 4.79 Å². The number of amides is 1. The van der Waals surface area contributed by atoms with E-state index in [1.807, 2.05) is 11.0 Å². The second-order valence-electron chi connectivity index (χ2n) is 5.04. The molecule has 4 nitrogen and oxygen atoms in total. The van der Waals surface area contributed by atoms with E-state index in [1.54, 1.807) is 11.3 Å². The molecular weight excluding hydrogens is 258 g/mol. The maximum absolute atomic E-state index is 12.2. The third-order valence-electron chi connectivity index (χ3n) is 3.56. The van der Waals surface area contributed by atoms with Gasteiger partial charge >= 0.3 is 0 Å². The second kappa shape index (κ2) is 7.62. The van der Waals surface area contributed by atoms with Gasteiger partial charge in [0.15, 0.2) is 0 Å². The van der Waals surface area contributed by atoms with E-state index in [1.165, 1.54) is 11.3 Å². The predicted molar refractivity (Wildman–Crippen MR) is 79.0 cm³/mol. The summed E-state index contributed by atoms with van der Waals surface area (Å²) in [4.78, 5) is 15.4. The van der Waals surface area contributed by atoms with Gasteiger partial charge in [0.2, 0.25) is 5.91 Å². The van der Waals surface area contributed by atoms with Crippen LogP contribution >= 0.6 is 11.3 Å². The molecule has 0 aliphatic carbocycles. The average molecular weight is 281 g/mol. The van der Waals surface area contributed by atoms with Gasteiger partial charge < -0.3 is 16.0 Å². The molecule has 19 heavy (non-hydrogen) atoms. The topological polar surface area (TPSA) is 58.4 Å². The van der Waals surface area contributed by atoms with Gasteiger partial charge in [-0.05, 0) is 30.7 Å². The molecule has 1 aliphatic rings. The maximum Gasteiger partial charge on any atom is 0.224 e. The van der Waals surface area contributed by atoms with E-state index >= 15 is 0 Å². The van der Waals surface area contributed by atoms with Crippen molar-refractivity contribution >= 4 is 17.2 Å². The number of likely N-dealkylation sites (tertiary alicyclic amines) is 1. The Morgan fingerprint density at radius 2 is 2.21 bits per heavy atom. The van der Waals surface area contributed by atoms with Crippen molar-refractivity contribution in [2.75, 3.05) is 19.6 Å². The number of nitrogens with one attached hydrogen (secondary N) is 1. The SMILES string of the molecule is NCC(CC(=O)N1CCCCC1)NCc1cccs1. The number of nitrogens with two attached hydrogens (primary N) is 1. The zero-order chi connectivity index (χ0) is 13.5. The highest BCUT2D eigenvalue weighted by Crippen LogP contribution is 2.12. The smallest absolute Gasteiger partial charge is 0.224 e. The van der Waals surface area contributed by atoms with Crippen LogP contribution in [0.2, 0.25) is 0 Å². The number of carbonyl (C=O) groups is 1. The normalized spacial score (nSPS) is 17.4. The van der Waals surface area contributed by atoms with Crippen LogP contribution in [0.25, 0.3) is 0 Å². The van der Waals surface area contributed by atoms with E-state index in [0.717, 1.165) is 32.5 Å². The van der Waals surface area contributed by atoms with E-state index in [9.17, 15) is 4.79 Å². The summed E-state index contributed by atoms with van der Waals surface area (Å²) in [5.41, 5.74) is 5.76. The van der Waals surface area contributed by atoms with Crippen LogP contribution < -0.4 is 11.1 Å². The fraction of sp³-hybridized carbons (Fsp3) is 0.643. The molecular formula is C14H23N3OS. The van der Waals surface area contributed by atoms with Crippen molar-refractivity contribution in [2.24, 2.45) is 5.73 Å². The molecule has 1 aromatic rings. The number of hydrogen-bond donors (Lipinski definition) is 2. The Bertz CT molecular complexity index is 374. The summed E-state index contributed by atoms with van der Waals surface area (Å²) in [5, 5.41) is 5.44. The molecule has 0 aromatic carbocycles. The molecule has 0 radical (unpaired) electrons. The minimum Gasteiger partial charge on any atom is -0.343 e. The Morgan fingerprint density at radius 1 is 1.42 bits per heavy atom. The molecule has 3 N–H and O–H groups in total. The number of rotatable bonds is 6. The molecule has 0 spiro atoms. The molecule has 106 valence electrons. The summed E-state index contributed by atoms with van der Waals surface area (Å²) < 4.78 is 0. The lowest BCUT2D eigenvalue weighted by molar-refractivity contribution is -0.132. The molecule has 1 unspecified atom stereocenters. The molecule has 1 aliphatic heterocycles. The zero-order valence-corrected chi connectivity index (χ0v) is 12.1. The van der Waals surface area contributed by atoms with Crippen molar-refractivity contribution in [3.05, 3.63) is 22.4 Å². The number of thiophene rings is 1. The lowest BCUT2D eigenvalue weighted by Gasteiger charge is -2.28. The molecule has 2 heterocycles. The summed E-state index contributed by atoms with van der Waals surface area (Å²) in [7, 11) is 0. The minimum absolute atomic E-state index is 0.0801. The number of nitrogens with zero attached hydrogens (tertiary/aromatic N) is 1. The van der Waals surface area contributed by atoms with Crippen molar-refractivity contribution in [3.8, 4) is 0 Å². The number of carbonyl (C=O) groups excluding carboxylic acids is 1. The van der Waals surface area contributed by atoms with Crippen molar-refractivity contribution in [2.45, 2.75) is 38.3 Å². The molecule has 0 saturated carbocycles. The average Bonchev–Trinajstić information content (AvgIpc) is 2.97. The largest absolute Gasteiger partial charge is 0.343 e. The summed E-state index contributed by atoms with van der Waals surface area (Å²) in [6.07, 6.45) is 4.05. The monoisotopic (exact) mass is 281 g/mol. The van der Waals surface area contributed by atoms with Gasteiger partial charge in [-0.25, -0.2) is 0 Å². The van der Waals surface area contributed by atoms with Crippen LogP contribution in [-0.4, -0.2) is 36.5 Å². The summed E-state index contributed by atoms with van der Waals surface area (Å²) in [6, 6.07) is 4.21. The first-order valence-electron chi connectivity index (χ1n) is 7.03. The zero-order valence-electron chi connectivity index (χ0n) is 11.3. The van der Waals surface area contributed by atoms with Crippen LogP contribution in [0, 0.1) is 0 Å². The lowest BCUT2D eigenvalue weighted by Crippen LogP contribution is -2.43. The summed E-state index contributed by atoms with van der Waals surface area (Å²) >= 11 is 1.72. The predicted octanol–water partition coefficient (Wildman–Crippen LogP) is 1.57. The minimum atomic E-state index is 0.0801. The van der Waals surface area contributed by atoms with E-state index in [-0.39, 0.29) is 11.9 Å². The van der Waals surface area contributed by atoms with Gasteiger partial charge in [0.05, 0.1) is 0 Å². The highest BCUT2D eigenvalue weighted by atomic mass is 32.1. The third kappa shape index (κ3) is 4.60. The molecule has 0 bridgehead atoms. The molecule has 2 rings (SSSR count). The van der Waals surface area contributed by atoms with Crippen LogP contribution in [-0.2, 0) is 11.3 Å². The van der Waals surface area contributed by atoms with Gasteiger partial charge in [-0.1, -0.05) is 6.07 Å². The third-order valence-corrected chi connectivity index (χ3v) is 4.44. The molecule has 1 fully saturated rings. The van der Waals surface area contributed by atoms with Crippen LogP contribution in [0.5, 0.6) is 0 Å². The van der Waals surface area contributed by atoms with Crippen molar-refractivity contribution in [1.82, 2.24) is 10.2 Å². The van der Waals surface area contributed by atoms with Gasteiger partial charge in [-0.2, -0.15) is 0 Å². The van der Waals surface area contributed by atoms with E-state index in [2.05, 4.69) is 16.8 Å². The Morgan fingerprint density at radius 3 is 2.84 bits per heavy atom. The Hall–Kier alpha value is -0.910. The summed E-state index contributed by atoms with van der Waals surface area (Å²) in [5.74, 6) is 0.244. The number of piperidine rings is 1. The molecule has 5 heteroatoms. The van der Waals surface area contributed by atoms with Gasteiger partial charge in [0, 0.05) is 43.5 Å². The Kier molecular flexibility index (Phi) is 5.82. The quantitative estimate of drug-likeness (QED) is 0.832. The van der Waals surface area contributed by atoms with Gasteiger partial charge in [0.25, 0.3) is 0 Å². The summed E-state index contributed by atoms with van der Waals surface area (Å²) in [6.45, 7) is 3.14. The first kappa shape index (κ1) is 14.5. The van der Waals surface area contributed by atoms with Crippen LogP contribution in [0.15, 0.2) is 17.5 Å². The van der Waals surface area contributed by atoms with Gasteiger partial charge in [0.1, 0.15) is 0 Å². The van der Waals surface area contributed by atoms with Crippen molar-refractivity contribution in [1.29, 1.82) is 0 Å². The second-order valence-corrected chi connectivity index (χ2v) is 6.07. The van der Waals surface area contributed by atoms with Crippen molar-refractivity contribution < 1.29 is 4.79 Å². The highest BCUT2D eigenvalue weighted by Gasteiger charge is 2.19. The number of hydrogen-bond acceptors (Lipinski definition) is 4. The first-order valence-corrected chi connectivity index (χ1v) is 7.91. The fourth-order valence-electron chi connectivity index (χ4n) is 2.38. The van der Waals surface area contributed by atoms with Crippen LogP contribution in [0.4, 0.5) is 0 Å². The van der Waals surface area contributed by atoms with Crippen LogP contribution in [0.1, 0.15) is 30.6 Å². The molecule has 1 atom stereocenters. The lowest BCUT2D eigenvalue weighted by atomic mass is 10.1. The first-order chi connectivity index (χ1) is 9.29. The maximum atomic E-state index is 12.2. The Labute approximate surface area is 119 Å². The standard InChI is InChI=1S/C14H23N3OS/c15-10-12(16-11-13-5-4-8-19-13)9-14(18)17-6-2-1-3-7-17/h4-5,8,12,16H,1-3,6-7,9-11,15H2. The van der Waals surface area contributed by atoms with E-state index in [0.29, 0.717) is 13.0 Å². The fourth-order valence-corrected chi connectivity index (χ4v) is 3.04. The Balaban J connectivity index is 1.76. The molecule has 1 aromatic heterocycles.